The Morgan fingerprint density at radius 1 is 1.46 bits per heavy atom. The van der Waals surface area contributed by atoms with Crippen molar-refractivity contribution in [1.82, 2.24) is 10.2 Å². The molecule has 1 aliphatic rings. The van der Waals surface area contributed by atoms with Crippen LogP contribution in [0.15, 0.2) is 24.3 Å². The molecule has 1 aromatic rings. The number of aliphatic hydroxyl groups is 1. The van der Waals surface area contributed by atoms with Crippen molar-refractivity contribution in [1.29, 1.82) is 0 Å². The van der Waals surface area contributed by atoms with Gasteiger partial charge in [-0.2, -0.15) is 0 Å². The van der Waals surface area contributed by atoms with E-state index < -0.39 is 61.3 Å². The second-order valence-corrected chi connectivity index (χ2v) is 6.53. The van der Waals surface area contributed by atoms with Crippen molar-refractivity contribution in [3.05, 3.63) is 35.4 Å². The molecule has 0 radical (unpaired) electrons. The van der Waals surface area contributed by atoms with Crippen LogP contribution in [0.1, 0.15) is 52.5 Å². The van der Waals surface area contributed by atoms with Crippen LogP contribution in [0.3, 0.4) is 0 Å². The zero-order valence-corrected chi connectivity index (χ0v) is 15.1. The Morgan fingerprint density at radius 3 is 2.85 bits per heavy atom. The highest BCUT2D eigenvalue weighted by Gasteiger charge is 2.32. The normalized spacial score (nSPS) is 27.6. The van der Waals surface area contributed by atoms with E-state index in [4.69, 9.17) is 8.22 Å². The number of likely N-dealkylation sites (N-methyl/N-ethyl adjacent to an activating group) is 1. The molecule has 1 unspecified atom stereocenters. The minimum absolute atomic E-state index is 0.0603. The maximum absolute atomic E-state index is 12.9. The number of Topliss-reactive ketones (excluding diaryl/α,β-unsaturated/α-hetero) is 1. The number of hydrogen-bond acceptors (Lipinski definition) is 4. The number of aliphatic hydroxyl groups excluding tert-OH is 1. The van der Waals surface area contributed by atoms with Crippen LogP contribution < -0.4 is 5.32 Å². The number of carbonyl (C=O) groups excluding carboxylic acids is 3. The number of ketones is 1. The molecule has 2 rings (SSSR count). The zero-order chi connectivity index (χ0) is 24.6. The lowest BCUT2D eigenvalue weighted by Gasteiger charge is -2.24. The Morgan fingerprint density at radius 2 is 2.15 bits per heavy atom. The van der Waals surface area contributed by atoms with Crippen LogP contribution in [0.2, 0.25) is 0 Å². The first kappa shape index (κ1) is 13.0. The first-order valence-electron chi connectivity index (χ1n) is 11.4. The van der Waals surface area contributed by atoms with Gasteiger partial charge in [0, 0.05) is 34.1 Å². The summed E-state index contributed by atoms with van der Waals surface area (Å²) < 4.78 is 46.2. The quantitative estimate of drug-likeness (QED) is 0.798. The van der Waals surface area contributed by atoms with Gasteiger partial charge in [0.05, 0.1) is 0 Å². The summed E-state index contributed by atoms with van der Waals surface area (Å²) in [7, 11) is 1.31. The van der Waals surface area contributed by atoms with Crippen molar-refractivity contribution < 1.29 is 27.7 Å². The van der Waals surface area contributed by atoms with Crippen LogP contribution in [-0.2, 0) is 20.8 Å². The van der Waals surface area contributed by atoms with Gasteiger partial charge in [0.25, 0.3) is 0 Å². The number of hydrogen-bond donors (Lipinski definition) is 2. The van der Waals surface area contributed by atoms with Gasteiger partial charge >= 0.3 is 0 Å². The summed E-state index contributed by atoms with van der Waals surface area (Å²) in [6.45, 7) is -2.56. The molecular formula is C20H28N2O4. The Labute approximate surface area is 163 Å². The number of carbonyl (C=O) groups is 3. The van der Waals surface area contributed by atoms with Crippen LogP contribution in [0, 0.1) is 11.8 Å². The third-order valence-electron chi connectivity index (χ3n) is 4.41. The fourth-order valence-corrected chi connectivity index (χ4v) is 2.76. The molecule has 1 aromatic carbocycles. The lowest BCUT2D eigenvalue weighted by Crippen LogP contribution is -2.43. The van der Waals surface area contributed by atoms with Gasteiger partial charge in [-0.15, -0.1) is 0 Å². The number of aryl methyl sites for hydroxylation is 1. The highest BCUT2D eigenvalue weighted by Crippen LogP contribution is 2.25. The molecule has 142 valence electrons. The summed E-state index contributed by atoms with van der Waals surface area (Å²) in [4.78, 5) is 39.0. The minimum Gasteiger partial charge on any atom is -0.385 e. The summed E-state index contributed by atoms with van der Waals surface area (Å²) in [5, 5.41) is 12.7. The summed E-state index contributed by atoms with van der Waals surface area (Å²) >= 11 is 0. The predicted molar refractivity (Wildman–Crippen MR) is 98.3 cm³/mol. The fourth-order valence-electron chi connectivity index (χ4n) is 2.76. The number of amides is 2. The van der Waals surface area contributed by atoms with Crippen LogP contribution in [0.4, 0.5) is 0 Å². The Kier molecular flexibility index (Phi) is 4.23. The van der Waals surface area contributed by atoms with Gasteiger partial charge in [0.1, 0.15) is 12.1 Å². The average Bonchev–Trinajstić information content (AvgIpc) is 2.75. The largest absolute Gasteiger partial charge is 0.385 e. The number of rotatable bonds is 6. The van der Waals surface area contributed by atoms with Gasteiger partial charge in [0.2, 0.25) is 11.8 Å². The average molecular weight is 366 g/mol. The van der Waals surface area contributed by atoms with Gasteiger partial charge in [-0.1, -0.05) is 45.0 Å². The molecule has 4 atom stereocenters. The lowest BCUT2D eigenvalue weighted by atomic mass is 9.94. The van der Waals surface area contributed by atoms with Crippen molar-refractivity contribution in [2.45, 2.75) is 45.7 Å². The summed E-state index contributed by atoms with van der Waals surface area (Å²) in [6, 6.07) is 5.49. The second kappa shape index (κ2) is 8.45. The van der Waals surface area contributed by atoms with E-state index in [1.165, 1.54) is 14.0 Å². The highest BCUT2D eigenvalue weighted by molar-refractivity contribution is 5.92. The van der Waals surface area contributed by atoms with Crippen molar-refractivity contribution in [3.63, 3.8) is 0 Å². The van der Waals surface area contributed by atoms with E-state index in [0.29, 0.717) is 11.1 Å². The Balaban J connectivity index is 2.21. The molecule has 1 aliphatic heterocycles. The van der Waals surface area contributed by atoms with E-state index in [2.05, 4.69) is 5.32 Å². The third kappa shape index (κ3) is 4.49. The number of fused-ring (bicyclic) bond motifs is 1. The molecule has 6 heteroatoms. The monoisotopic (exact) mass is 366 g/mol. The molecule has 0 bridgehead atoms. The lowest BCUT2D eigenvalue weighted by molar-refractivity contribution is -0.137. The summed E-state index contributed by atoms with van der Waals surface area (Å²) in [5.74, 6) is -5.80. The van der Waals surface area contributed by atoms with Gasteiger partial charge in [0.15, 0.2) is 5.78 Å². The maximum atomic E-state index is 12.9. The minimum atomic E-state index is -2.91. The van der Waals surface area contributed by atoms with E-state index >= 15 is 0 Å². The molecule has 6 nitrogen and oxygen atoms in total. The van der Waals surface area contributed by atoms with Crippen LogP contribution in [0.25, 0.3) is 0 Å². The summed E-state index contributed by atoms with van der Waals surface area (Å²) in [5.41, 5.74) is 1.00. The van der Waals surface area contributed by atoms with Crippen molar-refractivity contribution in [2.24, 2.45) is 11.8 Å². The molecule has 0 spiro atoms. The smallest absolute Gasteiger partial charge is 0.249 e. The molecule has 0 aromatic heterocycles. The SMILES string of the molecule is [2H]C1([2H])Cc2ccccc2[C@H](NC(=O)[C@H](C)CC(=O)[C@@H](O)C([2H])(C)C([2H])([2H])[2H])C(=O)N1C. The molecular weight excluding hydrogens is 332 g/mol. The van der Waals surface area contributed by atoms with Crippen molar-refractivity contribution in [2.75, 3.05) is 13.5 Å². The number of nitrogens with one attached hydrogen (secondary N) is 1. The van der Waals surface area contributed by atoms with E-state index in [1.54, 1.807) is 24.3 Å². The zero-order valence-electron chi connectivity index (χ0n) is 21.1. The fraction of sp³-hybridized carbons (Fsp3) is 0.550. The molecule has 0 saturated carbocycles. The highest BCUT2D eigenvalue weighted by atomic mass is 16.3. The predicted octanol–water partition coefficient (Wildman–Crippen LogP) is 1.47. The number of nitrogens with zero attached hydrogens (tertiary/aromatic N) is 1. The molecule has 0 fully saturated rings. The first-order chi connectivity index (χ1) is 14.5. The standard InChI is InChI=1S/C20H28N2O4/c1-12(2)18(24)16(23)11-13(3)19(25)21-17-15-8-6-5-7-14(15)9-10-22(4)20(17)26/h5-8,12-13,17-18,24H,9-11H2,1-4H3,(H,21,25)/t13-,17+,18+/m1/s1/i1D3,10D2,12D/t12?,13-,17+,18+. The number of benzene rings is 1. The third-order valence-corrected chi connectivity index (χ3v) is 4.41. The second-order valence-electron chi connectivity index (χ2n) is 6.53. The van der Waals surface area contributed by atoms with Crippen molar-refractivity contribution in [3.8, 4) is 0 Å². The molecule has 2 amide bonds. The van der Waals surface area contributed by atoms with Gasteiger partial charge in [-0.3, -0.25) is 14.4 Å². The van der Waals surface area contributed by atoms with Gasteiger partial charge in [-0.25, -0.2) is 0 Å². The van der Waals surface area contributed by atoms with E-state index in [1.807, 2.05) is 0 Å². The Bertz CT molecular complexity index is 902. The van der Waals surface area contributed by atoms with Crippen LogP contribution >= 0.6 is 0 Å². The molecule has 2 N–H and O–H groups in total. The molecule has 1 heterocycles. The summed E-state index contributed by atoms with van der Waals surface area (Å²) in [6.07, 6.45) is -2.71. The molecule has 26 heavy (non-hydrogen) atoms. The van der Waals surface area contributed by atoms with Crippen LogP contribution in [0.5, 0.6) is 0 Å². The van der Waals surface area contributed by atoms with Crippen molar-refractivity contribution >= 4 is 17.6 Å². The van der Waals surface area contributed by atoms with E-state index in [-0.39, 0.29) is 6.42 Å². The Hall–Kier alpha value is -2.21. The topological polar surface area (TPSA) is 86.7 Å². The first-order valence-corrected chi connectivity index (χ1v) is 8.37. The van der Waals surface area contributed by atoms with Gasteiger partial charge < -0.3 is 15.3 Å². The van der Waals surface area contributed by atoms with Gasteiger partial charge in [-0.05, 0) is 23.4 Å². The molecule has 0 saturated heterocycles. The van der Waals surface area contributed by atoms with E-state index in [9.17, 15) is 19.5 Å². The van der Waals surface area contributed by atoms with E-state index in [0.717, 1.165) is 11.8 Å². The van der Waals surface area contributed by atoms with Crippen LogP contribution in [-0.4, -0.2) is 47.3 Å². The molecule has 0 aliphatic carbocycles. The maximum Gasteiger partial charge on any atom is 0.249 e.